The maximum atomic E-state index is 12.1. The number of ether oxygens (including phenoxy) is 2. The molecule has 1 aliphatic rings. The van der Waals surface area contributed by atoms with Crippen LogP contribution in [0.2, 0.25) is 0 Å². The highest BCUT2D eigenvalue weighted by Gasteiger charge is 2.25. The Labute approximate surface area is 135 Å². The number of aliphatic carboxylic acids is 1. The molecule has 0 aliphatic carbocycles. The monoisotopic (exact) mass is 321 g/mol. The molecule has 0 saturated carbocycles. The Balaban J connectivity index is 1.83. The van der Waals surface area contributed by atoms with Crippen LogP contribution in [0.5, 0.6) is 0 Å². The minimum atomic E-state index is -1.06. The van der Waals surface area contributed by atoms with Crippen LogP contribution in [0.4, 0.5) is 0 Å². The van der Waals surface area contributed by atoms with Gasteiger partial charge in [0.15, 0.2) is 0 Å². The molecule has 1 heterocycles. The summed E-state index contributed by atoms with van der Waals surface area (Å²) in [5.41, 5.74) is 0.855. The summed E-state index contributed by atoms with van der Waals surface area (Å²) < 4.78 is 10.9. The van der Waals surface area contributed by atoms with Gasteiger partial charge in [-0.05, 0) is 25.3 Å². The molecular weight excluding hydrogens is 298 g/mol. The van der Waals surface area contributed by atoms with E-state index in [0.29, 0.717) is 6.61 Å². The first kappa shape index (κ1) is 17.4. The fourth-order valence-corrected chi connectivity index (χ4v) is 2.44. The van der Waals surface area contributed by atoms with Crippen molar-refractivity contribution in [3.63, 3.8) is 0 Å². The minimum absolute atomic E-state index is 0.0323. The number of carbonyl (C=O) groups is 2. The largest absolute Gasteiger partial charge is 0.480 e. The number of carboxylic acids is 1. The van der Waals surface area contributed by atoms with Gasteiger partial charge in [0.05, 0.1) is 12.7 Å². The van der Waals surface area contributed by atoms with E-state index < -0.39 is 24.0 Å². The van der Waals surface area contributed by atoms with E-state index in [1.165, 1.54) is 0 Å². The molecule has 6 heteroatoms. The number of hydrogen-bond donors (Lipinski definition) is 2. The lowest BCUT2D eigenvalue weighted by atomic mass is 10.1. The average molecular weight is 321 g/mol. The maximum absolute atomic E-state index is 12.1. The number of amides is 1. The first-order chi connectivity index (χ1) is 11.1. The molecule has 1 fully saturated rings. The van der Waals surface area contributed by atoms with Gasteiger partial charge in [-0.1, -0.05) is 30.3 Å². The number of carboxylic acid groups (broad SMARTS) is 1. The lowest BCUT2D eigenvalue weighted by molar-refractivity contribution is -0.144. The molecule has 1 saturated heterocycles. The van der Waals surface area contributed by atoms with Crippen molar-refractivity contribution in [3.05, 3.63) is 35.9 Å². The van der Waals surface area contributed by atoms with E-state index in [4.69, 9.17) is 9.47 Å². The van der Waals surface area contributed by atoms with E-state index >= 15 is 0 Å². The number of carbonyl (C=O) groups excluding carboxylic acids is 1. The molecule has 3 atom stereocenters. The second-order valence-corrected chi connectivity index (χ2v) is 5.70. The van der Waals surface area contributed by atoms with Crippen molar-refractivity contribution in [2.24, 2.45) is 0 Å². The topological polar surface area (TPSA) is 84.9 Å². The summed E-state index contributed by atoms with van der Waals surface area (Å²) in [5, 5.41) is 11.8. The van der Waals surface area contributed by atoms with Crippen LogP contribution in [0.3, 0.4) is 0 Å². The summed E-state index contributed by atoms with van der Waals surface area (Å²) in [4.78, 5) is 23.5. The van der Waals surface area contributed by atoms with Crippen molar-refractivity contribution in [1.29, 1.82) is 0 Å². The fourth-order valence-electron chi connectivity index (χ4n) is 2.44. The fraction of sp³-hybridized carbons (Fsp3) is 0.529. The zero-order valence-corrected chi connectivity index (χ0v) is 13.2. The molecule has 6 nitrogen and oxygen atoms in total. The lowest BCUT2D eigenvalue weighted by Gasteiger charge is -2.19. The van der Waals surface area contributed by atoms with E-state index in [9.17, 15) is 14.7 Å². The summed E-state index contributed by atoms with van der Waals surface area (Å²) in [5.74, 6) is -1.49. The van der Waals surface area contributed by atoms with Crippen LogP contribution in [0.15, 0.2) is 30.3 Å². The Bertz CT molecular complexity index is 513. The molecular formula is C17H23NO5. The van der Waals surface area contributed by atoms with Crippen molar-refractivity contribution in [2.45, 2.75) is 44.4 Å². The highest BCUT2D eigenvalue weighted by molar-refractivity contribution is 5.86. The minimum Gasteiger partial charge on any atom is -0.480 e. The summed E-state index contributed by atoms with van der Waals surface area (Å²) in [6, 6.07) is 8.23. The molecule has 0 aromatic heterocycles. The zero-order chi connectivity index (χ0) is 16.7. The maximum Gasteiger partial charge on any atom is 0.326 e. The van der Waals surface area contributed by atoms with E-state index in [-0.39, 0.29) is 12.5 Å². The molecule has 0 radical (unpaired) electrons. The number of benzene rings is 1. The van der Waals surface area contributed by atoms with Crippen molar-refractivity contribution in [2.75, 3.05) is 13.2 Å². The SMILES string of the molecule is CC(OCC1CCCO1)C(=O)N[C@@H](Cc1ccccc1)C(=O)O. The Morgan fingerprint density at radius 2 is 2.13 bits per heavy atom. The molecule has 23 heavy (non-hydrogen) atoms. The van der Waals surface area contributed by atoms with Crippen molar-refractivity contribution in [3.8, 4) is 0 Å². The van der Waals surface area contributed by atoms with E-state index in [2.05, 4.69) is 5.32 Å². The Kier molecular flexibility index (Phi) is 6.55. The van der Waals surface area contributed by atoms with Gasteiger partial charge in [0.25, 0.3) is 0 Å². The molecule has 0 spiro atoms. The average Bonchev–Trinajstić information content (AvgIpc) is 3.06. The van der Waals surface area contributed by atoms with Crippen LogP contribution < -0.4 is 5.32 Å². The van der Waals surface area contributed by atoms with E-state index in [1.54, 1.807) is 6.92 Å². The van der Waals surface area contributed by atoms with Gasteiger partial charge in [-0.15, -0.1) is 0 Å². The van der Waals surface area contributed by atoms with Gasteiger partial charge in [-0.25, -0.2) is 4.79 Å². The van der Waals surface area contributed by atoms with Gasteiger partial charge in [0.2, 0.25) is 5.91 Å². The lowest BCUT2D eigenvalue weighted by Crippen LogP contribution is -2.46. The summed E-state index contributed by atoms with van der Waals surface area (Å²) in [6.45, 7) is 2.70. The van der Waals surface area contributed by atoms with Gasteiger partial charge in [-0.3, -0.25) is 4.79 Å². The molecule has 2 N–H and O–H groups in total. The zero-order valence-electron chi connectivity index (χ0n) is 13.2. The quantitative estimate of drug-likeness (QED) is 0.756. The number of rotatable bonds is 8. The van der Waals surface area contributed by atoms with Crippen LogP contribution in [-0.4, -0.2) is 48.4 Å². The van der Waals surface area contributed by atoms with E-state index in [0.717, 1.165) is 25.0 Å². The summed E-state index contributed by atoms with van der Waals surface area (Å²) in [6.07, 6.45) is 1.49. The molecule has 0 bridgehead atoms. The first-order valence-corrected chi connectivity index (χ1v) is 7.86. The standard InChI is InChI=1S/C17H23NO5/c1-12(23-11-14-8-5-9-22-14)16(19)18-15(17(20)21)10-13-6-3-2-4-7-13/h2-4,6-7,12,14-15H,5,8-11H2,1H3,(H,18,19)(H,20,21)/t12?,14?,15-/m0/s1. The smallest absolute Gasteiger partial charge is 0.326 e. The van der Waals surface area contributed by atoms with Crippen LogP contribution in [0.1, 0.15) is 25.3 Å². The normalized spacial score (nSPS) is 20.0. The highest BCUT2D eigenvalue weighted by atomic mass is 16.5. The van der Waals surface area contributed by atoms with Crippen molar-refractivity contribution < 1.29 is 24.2 Å². The molecule has 1 aliphatic heterocycles. The van der Waals surface area contributed by atoms with Crippen molar-refractivity contribution >= 4 is 11.9 Å². The number of hydrogen-bond acceptors (Lipinski definition) is 4. The Morgan fingerprint density at radius 3 is 2.74 bits per heavy atom. The van der Waals surface area contributed by atoms with Gasteiger partial charge in [-0.2, -0.15) is 0 Å². The Morgan fingerprint density at radius 1 is 1.39 bits per heavy atom. The molecule has 126 valence electrons. The van der Waals surface area contributed by atoms with Gasteiger partial charge >= 0.3 is 5.97 Å². The molecule has 1 aromatic rings. The van der Waals surface area contributed by atoms with Crippen LogP contribution >= 0.6 is 0 Å². The van der Waals surface area contributed by atoms with E-state index in [1.807, 2.05) is 30.3 Å². The second-order valence-electron chi connectivity index (χ2n) is 5.70. The third-order valence-electron chi connectivity index (χ3n) is 3.82. The van der Waals surface area contributed by atoms with Crippen LogP contribution in [0, 0.1) is 0 Å². The molecule has 2 rings (SSSR count). The van der Waals surface area contributed by atoms with Crippen LogP contribution in [0.25, 0.3) is 0 Å². The van der Waals surface area contributed by atoms with Gasteiger partial charge in [0.1, 0.15) is 12.1 Å². The first-order valence-electron chi connectivity index (χ1n) is 7.86. The van der Waals surface area contributed by atoms with Crippen molar-refractivity contribution in [1.82, 2.24) is 5.32 Å². The highest BCUT2D eigenvalue weighted by Crippen LogP contribution is 2.13. The molecule has 1 aromatic carbocycles. The Hall–Kier alpha value is -1.92. The van der Waals surface area contributed by atoms with Gasteiger partial charge in [0, 0.05) is 13.0 Å². The van der Waals surface area contributed by atoms with Gasteiger partial charge < -0.3 is 19.9 Å². The third-order valence-corrected chi connectivity index (χ3v) is 3.82. The van der Waals surface area contributed by atoms with Crippen LogP contribution in [-0.2, 0) is 25.5 Å². The third kappa shape index (κ3) is 5.65. The second kappa shape index (κ2) is 8.64. The summed E-state index contributed by atoms with van der Waals surface area (Å²) >= 11 is 0. The predicted molar refractivity (Wildman–Crippen MR) is 84.1 cm³/mol. The summed E-state index contributed by atoms with van der Waals surface area (Å²) in [7, 11) is 0. The molecule has 1 amide bonds. The predicted octanol–water partition coefficient (Wildman–Crippen LogP) is 1.38. The molecule has 2 unspecified atom stereocenters. The number of nitrogens with one attached hydrogen (secondary N) is 1.